The van der Waals surface area contributed by atoms with Crippen LogP contribution >= 0.6 is 0 Å². The molecule has 0 fully saturated rings. The molecule has 2 heterocycles. The van der Waals surface area contributed by atoms with Crippen LogP contribution in [0, 0.1) is 0 Å². The van der Waals surface area contributed by atoms with Crippen molar-refractivity contribution < 1.29 is 0 Å². The Bertz CT molecular complexity index is 924. The van der Waals surface area contributed by atoms with Crippen molar-refractivity contribution in [2.24, 2.45) is 0 Å². The normalized spacial score (nSPS) is 12.4. The average Bonchev–Trinajstić information content (AvgIpc) is 3.02. The molecule has 4 rings (SSSR count). The van der Waals surface area contributed by atoms with Gasteiger partial charge in [-0.05, 0) is 29.3 Å². The summed E-state index contributed by atoms with van der Waals surface area (Å²) >= 11 is 0. The van der Waals surface area contributed by atoms with Crippen LogP contribution in [-0.2, 0) is 0 Å². The Morgan fingerprint density at radius 2 is 1.57 bits per heavy atom. The van der Waals surface area contributed by atoms with Crippen molar-refractivity contribution in [1.82, 2.24) is 9.97 Å². The molecular formula is C21H18N2. The predicted octanol–water partition coefficient (Wildman–Crippen LogP) is 5.38. The Labute approximate surface area is 135 Å². The third-order valence-corrected chi connectivity index (χ3v) is 4.37. The highest BCUT2D eigenvalue weighted by molar-refractivity contribution is 5.91. The number of benzene rings is 2. The van der Waals surface area contributed by atoms with Gasteiger partial charge in [-0.15, -0.1) is 0 Å². The topological polar surface area (TPSA) is 28.7 Å². The van der Waals surface area contributed by atoms with E-state index in [2.05, 4.69) is 77.6 Å². The summed E-state index contributed by atoms with van der Waals surface area (Å²) in [7, 11) is 0. The average molecular weight is 298 g/mol. The monoisotopic (exact) mass is 298 g/mol. The number of nitrogens with one attached hydrogen (secondary N) is 1. The van der Waals surface area contributed by atoms with Crippen LogP contribution in [0.25, 0.3) is 22.2 Å². The molecule has 0 aliphatic heterocycles. The largest absolute Gasteiger partial charge is 0.354 e. The molecule has 0 spiro atoms. The van der Waals surface area contributed by atoms with E-state index in [-0.39, 0.29) is 5.92 Å². The number of aromatic amines is 1. The molecule has 0 radical (unpaired) electrons. The minimum absolute atomic E-state index is 0.225. The molecule has 2 aromatic heterocycles. The lowest BCUT2D eigenvalue weighted by atomic mass is 9.92. The first-order chi connectivity index (χ1) is 11.3. The molecule has 0 saturated heterocycles. The molecule has 1 unspecified atom stereocenters. The minimum Gasteiger partial charge on any atom is -0.354 e. The number of hydrogen-bond donors (Lipinski definition) is 1. The Morgan fingerprint density at radius 3 is 2.35 bits per heavy atom. The molecule has 2 heteroatoms. The fourth-order valence-electron chi connectivity index (χ4n) is 3.23. The molecule has 4 aromatic rings. The summed E-state index contributed by atoms with van der Waals surface area (Å²) in [6.45, 7) is 2.23. The molecule has 23 heavy (non-hydrogen) atoms. The van der Waals surface area contributed by atoms with Crippen LogP contribution < -0.4 is 0 Å². The van der Waals surface area contributed by atoms with Crippen molar-refractivity contribution in [1.29, 1.82) is 0 Å². The van der Waals surface area contributed by atoms with Gasteiger partial charge in [0, 0.05) is 28.7 Å². The van der Waals surface area contributed by atoms with E-state index in [9.17, 15) is 0 Å². The van der Waals surface area contributed by atoms with E-state index in [1.807, 2.05) is 18.3 Å². The van der Waals surface area contributed by atoms with Crippen molar-refractivity contribution in [3.63, 3.8) is 0 Å². The molecule has 2 nitrogen and oxygen atoms in total. The molecule has 0 amide bonds. The Balaban J connectivity index is 1.97. The minimum atomic E-state index is 0.225. The van der Waals surface area contributed by atoms with Crippen LogP contribution in [0.1, 0.15) is 24.1 Å². The van der Waals surface area contributed by atoms with Crippen molar-refractivity contribution >= 4 is 10.9 Å². The first-order valence-electron chi connectivity index (χ1n) is 7.91. The van der Waals surface area contributed by atoms with Gasteiger partial charge in [0.2, 0.25) is 0 Å². The zero-order valence-corrected chi connectivity index (χ0v) is 13.0. The highest BCUT2D eigenvalue weighted by Crippen LogP contribution is 2.37. The molecular weight excluding hydrogens is 280 g/mol. The van der Waals surface area contributed by atoms with Crippen LogP contribution in [0.4, 0.5) is 0 Å². The Morgan fingerprint density at radius 1 is 0.826 bits per heavy atom. The van der Waals surface area contributed by atoms with E-state index < -0.39 is 0 Å². The van der Waals surface area contributed by atoms with Crippen LogP contribution in [0.2, 0.25) is 0 Å². The summed E-state index contributed by atoms with van der Waals surface area (Å²) in [6.07, 6.45) is 1.86. The number of fused-ring (bicyclic) bond motifs is 1. The maximum atomic E-state index is 4.56. The summed E-state index contributed by atoms with van der Waals surface area (Å²) in [5.74, 6) is 0.225. The zero-order valence-electron chi connectivity index (χ0n) is 13.0. The molecule has 1 N–H and O–H groups in total. The third kappa shape index (κ3) is 2.42. The van der Waals surface area contributed by atoms with E-state index in [0.29, 0.717) is 0 Å². The predicted molar refractivity (Wildman–Crippen MR) is 95.5 cm³/mol. The van der Waals surface area contributed by atoms with E-state index in [0.717, 1.165) is 5.69 Å². The van der Waals surface area contributed by atoms with Crippen molar-refractivity contribution in [3.05, 3.63) is 90.3 Å². The van der Waals surface area contributed by atoms with Crippen LogP contribution in [0.15, 0.2) is 79.0 Å². The summed E-state index contributed by atoms with van der Waals surface area (Å²) in [6, 6.07) is 25.1. The van der Waals surface area contributed by atoms with Crippen molar-refractivity contribution in [3.8, 4) is 11.3 Å². The fraction of sp³-hybridized carbons (Fsp3) is 0.0952. The highest BCUT2D eigenvalue weighted by Gasteiger charge is 2.20. The van der Waals surface area contributed by atoms with Gasteiger partial charge in [0.15, 0.2) is 0 Å². The van der Waals surface area contributed by atoms with Gasteiger partial charge < -0.3 is 4.98 Å². The Hall–Kier alpha value is -2.87. The summed E-state index contributed by atoms with van der Waals surface area (Å²) in [5.41, 5.74) is 5.97. The number of pyridine rings is 1. The van der Waals surface area contributed by atoms with Gasteiger partial charge in [0.1, 0.15) is 0 Å². The van der Waals surface area contributed by atoms with E-state index in [1.54, 1.807) is 0 Å². The second-order valence-electron chi connectivity index (χ2n) is 5.80. The summed E-state index contributed by atoms with van der Waals surface area (Å²) in [5, 5.41) is 1.27. The van der Waals surface area contributed by atoms with Crippen LogP contribution in [-0.4, -0.2) is 9.97 Å². The smallest absolute Gasteiger partial charge is 0.0504 e. The van der Waals surface area contributed by atoms with Crippen LogP contribution in [0.5, 0.6) is 0 Å². The maximum absolute atomic E-state index is 4.56. The summed E-state index contributed by atoms with van der Waals surface area (Å²) in [4.78, 5) is 8.17. The number of aromatic nitrogens is 2. The second-order valence-corrected chi connectivity index (χ2v) is 5.80. The lowest BCUT2D eigenvalue weighted by molar-refractivity contribution is 0.881. The molecule has 2 aromatic carbocycles. The highest BCUT2D eigenvalue weighted by atomic mass is 14.7. The lowest BCUT2D eigenvalue weighted by Gasteiger charge is -2.13. The molecule has 0 bridgehead atoms. The van der Waals surface area contributed by atoms with Gasteiger partial charge in [-0.3, -0.25) is 4.98 Å². The molecule has 0 saturated carbocycles. The standard InChI is InChI=1S/C21H18N2/c1-15(18-12-7-8-14-22-18)20-17-11-5-6-13-19(17)23-21(20)16-9-3-2-4-10-16/h2-15,23H,1H3. The van der Waals surface area contributed by atoms with E-state index in [4.69, 9.17) is 0 Å². The van der Waals surface area contributed by atoms with Gasteiger partial charge in [0.05, 0.1) is 5.69 Å². The number of para-hydroxylation sites is 1. The first-order valence-corrected chi connectivity index (χ1v) is 7.91. The zero-order chi connectivity index (χ0) is 15.6. The molecule has 0 aliphatic rings. The second kappa shape index (κ2) is 5.73. The van der Waals surface area contributed by atoms with Gasteiger partial charge in [-0.2, -0.15) is 0 Å². The van der Waals surface area contributed by atoms with Crippen LogP contribution in [0.3, 0.4) is 0 Å². The number of hydrogen-bond acceptors (Lipinski definition) is 1. The lowest BCUT2D eigenvalue weighted by Crippen LogP contribution is -1.99. The van der Waals surface area contributed by atoms with Gasteiger partial charge in [-0.25, -0.2) is 0 Å². The van der Waals surface area contributed by atoms with Gasteiger partial charge in [0.25, 0.3) is 0 Å². The van der Waals surface area contributed by atoms with Gasteiger partial charge in [-0.1, -0.05) is 61.5 Å². The van der Waals surface area contributed by atoms with Gasteiger partial charge >= 0.3 is 0 Å². The number of H-pyrrole nitrogens is 1. The molecule has 1 atom stereocenters. The number of nitrogens with zero attached hydrogens (tertiary/aromatic N) is 1. The Kier molecular flexibility index (Phi) is 3.43. The fourth-order valence-corrected chi connectivity index (χ4v) is 3.23. The quantitative estimate of drug-likeness (QED) is 0.540. The first kappa shape index (κ1) is 13.8. The summed E-state index contributed by atoms with van der Waals surface area (Å²) < 4.78 is 0. The van der Waals surface area contributed by atoms with E-state index in [1.165, 1.54) is 27.7 Å². The number of rotatable bonds is 3. The molecule has 112 valence electrons. The third-order valence-electron chi connectivity index (χ3n) is 4.37. The van der Waals surface area contributed by atoms with Crippen molar-refractivity contribution in [2.45, 2.75) is 12.8 Å². The van der Waals surface area contributed by atoms with E-state index >= 15 is 0 Å². The molecule has 0 aliphatic carbocycles. The van der Waals surface area contributed by atoms with Crippen molar-refractivity contribution in [2.75, 3.05) is 0 Å². The SMILES string of the molecule is CC(c1ccccn1)c1c(-c2ccccc2)[nH]c2ccccc12. The maximum Gasteiger partial charge on any atom is 0.0504 e.